The van der Waals surface area contributed by atoms with E-state index in [4.69, 9.17) is 5.73 Å². The highest BCUT2D eigenvalue weighted by atomic mass is 16.2. The molecule has 0 saturated heterocycles. The largest absolute Gasteiger partial charge is 0.366 e. The quantitative estimate of drug-likeness (QED) is 0.724. The standard InChI is InChI=1S/C19H17N4O2/c20-19(25)14-8-2-1-6-13(14)7-5-11-18(24)23-17-12-21-15-9-3-4-10-16(15)22-17/h1-4,6,8-12H,5,7H2,(H2,20,25)(H,22,23,24). The smallest absolute Gasteiger partial charge is 0.248 e. The van der Waals surface area contributed by atoms with Crippen molar-refractivity contribution in [1.82, 2.24) is 9.97 Å². The highest BCUT2D eigenvalue weighted by Gasteiger charge is 2.09. The molecule has 1 aromatic heterocycles. The van der Waals surface area contributed by atoms with Crippen LogP contribution < -0.4 is 11.1 Å². The van der Waals surface area contributed by atoms with Crippen molar-refractivity contribution in [3.63, 3.8) is 0 Å². The zero-order valence-electron chi connectivity index (χ0n) is 13.5. The van der Waals surface area contributed by atoms with Gasteiger partial charge >= 0.3 is 0 Å². The maximum atomic E-state index is 12.0. The number of hydrogen-bond donors (Lipinski definition) is 2. The van der Waals surface area contributed by atoms with Crippen LogP contribution in [0.2, 0.25) is 0 Å². The van der Waals surface area contributed by atoms with E-state index in [2.05, 4.69) is 15.3 Å². The lowest BCUT2D eigenvalue weighted by Gasteiger charge is -2.07. The Bertz CT molecular complexity index is 924. The zero-order chi connectivity index (χ0) is 17.6. The molecule has 1 radical (unpaired) electrons. The SMILES string of the molecule is NC(=O)c1ccccc1CC[CH]C(=O)Nc1cnc2ccccc2n1. The summed E-state index contributed by atoms with van der Waals surface area (Å²) in [5.41, 5.74) is 8.15. The van der Waals surface area contributed by atoms with Crippen molar-refractivity contribution in [3.05, 3.63) is 72.3 Å². The first-order valence-electron chi connectivity index (χ1n) is 7.87. The van der Waals surface area contributed by atoms with Gasteiger partial charge in [0.25, 0.3) is 0 Å². The van der Waals surface area contributed by atoms with Crippen LogP contribution in [0, 0.1) is 6.42 Å². The maximum absolute atomic E-state index is 12.0. The van der Waals surface area contributed by atoms with Gasteiger partial charge in [0.1, 0.15) is 0 Å². The monoisotopic (exact) mass is 333 g/mol. The molecule has 125 valence electrons. The van der Waals surface area contributed by atoms with Crippen LogP contribution in [0.1, 0.15) is 22.3 Å². The van der Waals surface area contributed by atoms with E-state index in [1.54, 1.807) is 12.1 Å². The number of nitrogens with one attached hydrogen (secondary N) is 1. The van der Waals surface area contributed by atoms with Gasteiger partial charge in [-0.2, -0.15) is 0 Å². The van der Waals surface area contributed by atoms with Crippen LogP contribution in [0.5, 0.6) is 0 Å². The third kappa shape index (κ3) is 4.17. The highest BCUT2D eigenvalue weighted by Crippen LogP contribution is 2.13. The summed E-state index contributed by atoms with van der Waals surface area (Å²) in [4.78, 5) is 32.0. The number of para-hydroxylation sites is 2. The second kappa shape index (κ2) is 7.53. The molecule has 3 aromatic rings. The fraction of sp³-hybridized carbons (Fsp3) is 0.105. The number of nitrogens with two attached hydrogens (primary N) is 1. The van der Waals surface area contributed by atoms with Gasteiger partial charge in [-0.15, -0.1) is 0 Å². The van der Waals surface area contributed by atoms with E-state index in [9.17, 15) is 9.59 Å². The Kier molecular flexibility index (Phi) is 4.99. The molecule has 0 saturated carbocycles. The van der Waals surface area contributed by atoms with Crippen molar-refractivity contribution in [1.29, 1.82) is 0 Å². The number of hydrogen-bond acceptors (Lipinski definition) is 4. The van der Waals surface area contributed by atoms with Gasteiger partial charge in [-0.05, 0) is 36.6 Å². The number of rotatable bonds is 6. The van der Waals surface area contributed by atoms with E-state index in [1.165, 1.54) is 12.6 Å². The molecule has 0 aliphatic heterocycles. The summed E-state index contributed by atoms with van der Waals surface area (Å²) in [5.74, 6) is -0.329. The van der Waals surface area contributed by atoms with Crippen LogP contribution in [-0.2, 0) is 11.2 Å². The van der Waals surface area contributed by atoms with Crippen LogP contribution in [-0.4, -0.2) is 21.8 Å². The van der Waals surface area contributed by atoms with Gasteiger partial charge in [0, 0.05) is 5.56 Å². The zero-order valence-corrected chi connectivity index (χ0v) is 13.5. The number of primary amides is 1. The lowest BCUT2D eigenvalue weighted by atomic mass is 10.0. The Labute approximate surface area is 145 Å². The summed E-state index contributed by atoms with van der Waals surface area (Å²) in [5, 5.41) is 2.70. The number of benzene rings is 2. The third-order valence-electron chi connectivity index (χ3n) is 3.73. The van der Waals surface area contributed by atoms with Crippen molar-refractivity contribution < 1.29 is 9.59 Å². The predicted octanol–water partition coefficient (Wildman–Crippen LogP) is 2.50. The number of carbonyl (C=O) groups is 2. The molecular formula is C19H17N4O2. The van der Waals surface area contributed by atoms with Gasteiger partial charge in [0.2, 0.25) is 11.8 Å². The van der Waals surface area contributed by atoms with Crippen LogP contribution in [0.25, 0.3) is 11.0 Å². The number of anilines is 1. The van der Waals surface area contributed by atoms with Crippen LogP contribution >= 0.6 is 0 Å². The van der Waals surface area contributed by atoms with E-state index < -0.39 is 5.91 Å². The molecule has 2 amide bonds. The van der Waals surface area contributed by atoms with Gasteiger partial charge in [-0.3, -0.25) is 14.6 Å². The van der Waals surface area contributed by atoms with Gasteiger partial charge in [-0.1, -0.05) is 30.3 Å². The topological polar surface area (TPSA) is 98.0 Å². The van der Waals surface area contributed by atoms with E-state index in [0.717, 1.165) is 16.6 Å². The maximum Gasteiger partial charge on any atom is 0.248 e. The molecule has 6 heteroatoms. The molecule has 0 atom stereocenters. The van der Waals surface area contributed by atoms with Crippen molar-refractivity contribution >= 4 is 28.7 Å². The van der Waals surface area contributed by atoms with Gasteiger partial charge in [0.05, 0.1) is 23.7 Å². The molecule has 0 aliphatic carbocycles. The average Bonchev–Trinajstić information content (AvgIpc) is 2.62. The molecular weight excluding hydrogens is 316 g/mol. The highest BCUT2D eigenvalue weighted by molar-refractivity contribution is 5.97. The Hall–Kier alpha value is -3.28. The molecule has 25 heavy (non-hydrogen) atoms. The van der Waals surface area contributed by atoms with Crippen molar-refractivity contribution in [3.8, 4) is 0 Å². The molecule has 0 bridgehead atoms. The van der Waals surface area contributed by atoms with Crippen molar-refractivity contribution in [2.75, 3.05) is 5.32 Å². The molecule has 6 nitrogen and oxygen atoms in total. The number of nitrogens with zero attached hydrogens (tertiary/aromatic N) is 2. The van der Waals surface area contributed by atoms with Crippen LogP contribution in [0.3, 0.4) is 0 Å². The van der Waals surface area contributed by atoms with Gasteiger partial charge in [-0.25, -0.2) is 4.98 Å². The first-order valence-corrected chi connectivity index (χ1v) is 7.87. The number of fused-ring (bicyclic) bond motifs is 1. The minimum Gasteiger partial charge on any atom is -0.366 e. The minimum atomic E-state index is -0.466. The summed E-state index contributed by atoms with van der Waals surface area (Å²) in [6, 6.07) is 14.6. The van der Waals surface area contributed by atoms with E-state index >= 15 is 0 Å². The molecule has 3 N–H and O–H groups in total. The molecule has 1 heterocycles. The molecule has 0 aliphatic rings. The van der Waals surface area contributed by atoms with Gasteiger partial charge in [0.15, 0.2) is 5.82 Å². The Morgan fingerprint density at radius 1 is 1.04 bits per heavy atom. The Balaban J connectivity index is 1.57. The summed E-state index contributed by atoms with van der Waals surface area (Å²) < 4.78 is 0. The third-order valence-corrected chi connectivity index (χ3v) is 3.73. The fourth-order valence-electron chi connectivity index (χ4n) is 2.53. The number of amides is 2. The summed E-state index contributed by atoms with van der Waals surface area (Å²) in [6.45, 7) is 0. The van der Waals surface area contributed by atoms with Crippen LogP contribution in [0.15, 0.2) is 54.7 Å². The first kappa shape index (κ1) is 16.6. The fourth-order valence-corrected chi connectivity index (χ4v) is 2.53. The lowest BCUT2D eigenvalue weighted by Crippen LogP contribution is -2.15. The number of aromatic nitrogens is 2. The molecule has 2 aromatic carbocycles. The van der Waals surface area contributed by atoms with E-state index in [-0.39, 0.29) is 5.91 Å². The lowest BCUT2D eigenvalue weighted by molar-refractivity contribution is -0.113. The average molecular weight is 333 g/mol. The second-order valence-electron chi connectivity index (χ2n) is 5.50. The minimum absolute atomic E-state index is 0.263. The molecule has 0 unspecified atom stereocenters. The summed E-state index contributed by atoms with van der Waals surface area (Å²) >= 11 is 0. The number of carbonyl (C=O) groups excluding carboxylic acids is 2. The number of aryl methyl sites for hydroxylation is 1. The first-order chi connectivity index (χ1) is 12.1. The van der Waals surface area contributed by atoms with Crippen molar-refractivity contribution in [2.24, 2.45) is 5.73 Å². The van der Waals surface area contributed by atoms with Gasteiger partial charge < -0.3 is 11.1 Å². The second-order valence-corrected chi connectivity index (χ2v) is 5.50. The normalized spacial score (nSPS) is 10.6. The van der Waals surface area contributed by atoms with E-state index in [1.807, 2.05) is 36.4 Å². The van der Waals surface area contributed by atoms with E-state index in [0.29, 0.717) is 24.2 Å². The van der Waals surface area contributed by atoms with Crippen LogP contribution in [0.4, 0.5) is 5.82 Å². The molecule has 0 spiro atoms. The Morgan fingerprint density at radius 3 is 2.56 bits per heavy atom. The summed E-state index contributed by atoms with van der Waals surface area (Å²) in [7, 11) is 0. The molecule has 3 rings (SSSR count). The van der Waals surface area contributed by atoms with Crippen molar-refractivity contribution in [2.45, 2.75) is 12.8 Å². The predicted molar refractivity (Wildman–Crippen MR) is 95.7 cm³/mol. The molecule has 0 fully saturated rings. The Morgan fingerprint density at radius 2 is 1.76 bits per heavy atom. The summed E-state index contributed by atoms with van der Waals surface area (Å²) in [6.07, 6.45) is 4.08.